The lowest BCUT2D eigenvalue weighted by atomic mass is 9.97. The summed E-state index contributed by atoms with van der Waals surface area (Å²) in [6.07, 6.45) is -1.18. The van der Waals surface area contributed by atoms with Crippen LogP contribution in [-0.2, 0) is 20.9 Å². The van der Waals surface area contributed by atoms with Crippen molar-refractivity contribution in [2.75, 3.05) is 44.0 Å². The molecule has 0 aliphatic carbocycles. The van der Waals surface area contributed by atoms with Crippen LogP contribution in [0.4, 0.5) is 23.2 Å². The van der Waals surface area contributed by atoms with Gasteiger partial charge in [-0.25, -0.2) is 22.8 Å². The van der Waals surface area contributed by atoms with Gasteiger partial charge < -0.3 is 14.4 Å². The number of hydrogen-bond donors (Lipinski definition) is 0. The predicted octanol–water partition coefficient (Wildman–Crippen LogP) is 4.93. The summed E-state index contributed by atoms with van der Waals surface area (Å²) in [5, 5.41) is 0. The summed E-state index contributed by atoms with van der Waals surface area (Å²) in [7, 11) is -1.94. The molecule has 0 spiro atoms. The molecule has 3 aromatic rings. The third-order valence-corrected chi connectivity index (χ3v) is 8.97. The fraction of sp³-hybridized carbons (Fsp3) is 0.429. The minimum absolute atomic E-state index is 0.000341. The number of alkyl halides is 3. The van der Waals surface area contributed by atoms with Crippen LogP contribution in [0.1, 0.15) is 24.6 Å². The minimum atomic E-state index is -4.54. The zero-order valence-electron chi connectivity index (χ0n) is 22.9. The molecule has 3 heterocycles. The second-order valence-electron chi connectivity index (χ2n) is 9.65. The van der Waals surface area contributed by atoms with E-state index < -0.39 is 27.6 Å². The van der Waals surface area contributed by atoms with E-state index in [1.165, 1.54) is 42.0 Å². The molecule has 13 heteroatoms. The second kappa shape index (κ2) is 12.7. The Morgan fingerprint density at radius 1 is 1.15 bits per heavy atom. The van der Waals surface area contributed by atoms with Crippen LogP contribution in [0.15, 0.2) is 55.0 Å². The Labute approximate surface area is 237 Å². The first-order valence-corrected chi connectivity index (χ1v) is 14.7. The van der Waals surface area contributed by atoms with E-state index in [2.05, 4.69) is 9.97 Å². The van der Waals surface area contributed by atoms with Crippen LogP contribution >= 0.6 is 0 Å². The maximum absolute atomic E-state index is 15.2. The van der Waals surface area contributed by atoms with E-state index in [-0.39, 0.29) is 35.6 Å². The van der Waals surface area contributed by atoms with Gasteiger partial charge in [-0.3, -0.25) is 0 Å². The van der Waals surface area contributed by atoms with Gasteiger partial charge in [-0.1, -0.05) is 12.1 Å². The molecule has 2 aromatic carbocycles. The number of ether oxygens (including phenoxy) is 2. The van der Waals surface area contributed by atoms with Gasteiger partial charge >= 0.3 is 6.18 Å². The number of morpholine rings is 1. The van der Waals surface area contributed by atoms with Crippen LogP contribution in [0.2, 0.25) is 0 Å². The quantitative estimate of drug-likeness (QED) is 0.386. The van der Waals surface area contributed by atoms with Gasteiger partial charge in [-0.15, -0.1) is 0 Å². The number of anilines is 1. The maximum Gasteiger partial charge on any atom is 0.416 e. The lowest BCUT2D eigenvalue weighted by molar-refractivity contribution is -0.137. The zero-order chi connectivity index (χ0) is 29.8. The summed E-state index contributed by atoms with van der Waals surface area (Å²) in [5.41, 5.74) is 0.698. The van der Waals surface area contributed by atoms with E-state index in [0.717, 1.165) is 17.8 Å². The average molecular weight is 597 g/mol. The molecule has 2 fully saturated rings. The molecular weight excluding hydrogens is 564 g/mol. The molecule has 222 valence electrons. The summed E-state index contributed by atoms with van der Waals surface area (Å²) in [5.74, 6) is -0.355. The second-order valence-corrected chi connectivity index (χ2v) is 11.9. The number of aromatic nitrogens is 2. The Balaban J connectivity index is 0.000000483. The first kappa shape index (κ1) is 30.7. The molecule has 5 rings (SSSR count). The smallest absolute Gasteiger partial charge is 0.416 e. The Morgan fingerprint density at radius 3 is 2.54 bits per heavy atom. The van der Waals surface area contributed by atoms with E-state index >= 15 is 4.39 Å². The summed E-state index contributed by atoms with van der Waals surface area (Å²) >= 11 is 0. The molecule has 0 bridgehead atoms. The molecule has 8 nitrogen and oxygen atoms in total. The molecule has 2 aliphatic rings. The Hall–Kier alpha value is -3.29. The van der Waals surface area contributed by atoms with Gasteiger partial charge in [0, 0.05) is 43.2 Å². The van der Waals surface area contributed by atoms with Crippen LogP contribution in [0.5, 0.6) is 5.75 Å². The molecule has 0 amide bonds. The number of benzene rings is 2. The molecule has 2 atom stereocenters. The van der Waals surface area contributed by atoms with E-state index in [1.807, 2.05) is 17.9 Å². The van der Waals surface area contributed by atoms with Crippen molar-refractivity contribution in [1.29, 1.82) is 0 Å². The van der Waals surface area contributed by atoms with Crippen molar-refractivity contribution in [1.82, 2.24) is 14.3 Å². The van der Waals surface area contributed by atoms with Crippen LogP contribution in [0.3, 0.4) is 0 Å². The number of halogens is 4. The standard InChI is InChI=1S/C23H26F4N2O4S.C5H6N2/c1-3-34(30,31)28-8-7-19-22(14-28)33-10-9-29(19)20-13-18(24)17(12-21(20)32-2)15-5-4-6-16(11-15)23(25,26)27;1-5-2-3-6-4-7-5/h4-6,11-13,19,22H,3,7-10,14H2,1-2H3;2-4H,1H3/t19-,22-;/m1./s1. The fourth-order valence-corrected chi connectivity index (χ4v) is 6.09. The van der Waals surface area contributed by atoms with Crippen LogP contribution < -0.4 is 9.64 Å². The van der Waals surface area contributed by atoms with Crippen molar-refractivity contribution in [2.45, 2.75) is 38.6 Å². The van der Waals surface area contributed by atoms with Gasteiger partial charge in [0.15, 0.2) is 0 Å². The number of piperidine rings is 1. The van der Waals surface area contributed by atoms with E-state index in [0.29, 0.717) is 37.6 Å². The normalized spacial score (nSPS) is 19.6. The SMILES string of the molecule is CCS(=O)(=O)N1CC[C@@H]2[C@@H](C1)OCCN2c1cc(F)c(-c2cccc(C(F)(F)F)c2)cc1OC.Cc1ccncn1. The summed E-state index contributed by atoms with van der Waals surface area (Å²) in [6, 6.07) is 8.85. The summed E-state index contributed by atoms with van der Waals surface area (Å²) in [4.78, 5) is 9.55. The minimum Gasteiger partial charge on any atom is -0.495 e. The van der Waals surface area contributed by atoms with Gasteiger partial charge in [0.05, 0.1) is 42.9 Å². The lowest BCUT2D eigenvalue weighted by Gasteiger charge is -2.47. The molecule has 0 radical (unpaired) electrons. The van der Waals surface area contributed by atoms with Crippen LogP contribution in [-0.4, -0.2) is 73.9 Å². The fourth-order valence-electron chi connectivity index (χ4n) is 4.97. The Bertz CT molecular complexity index is 1440. The number of sulfonamides is 1. The number of aryl methyl sites for hydroxylation is 1. The molecule has 0 saturated carbocycles. The average Bonchev–Trinajstić information content (AvgIpc) is 2.96. The molecule has 0 unspecified atom stereocenters. The third kappa shape index (κ3) is 7.14. The highest BCUT2D eigenvalue weighted by atomic mass is 32.2. The maximum atomic E-state index is 15.2. The van der Waals surface area contributed by atoms with E-state index in [9.17, 15) is 21.6 Å². The number of fused-ring (bicyclic) bond motifs is 1. The number of nitrogens with zero attached hydrogens (tertiary/aromatic N) is 4. The highest BCUT2D eigenvalue weighted by Gasteiger charge is 2.41. The van der Waals surface area contributed by atoms with Gasteiger partial charge in [0.1, 0.15) is 17.9 Å². The lowest BCUT2D eigenvalue weighted by Crippen LogP contribution is -2.60. The molecule has 2 aliphatic heterocycles. The van der Waals surface area contributed by atoms with E-state index in [1.54, 1.807) is 13.1 Å². The van der Waals surface area contributed by atoms with Crippen molar-refractivity contribution >= 4 is 15.7 Å². The van der Waals surface area contributed by atoms with Gasteiger partial charge in [-0.2, -0.15) is 17.5 Å². The zero-order valence-corrected chi connectivity index (χ0v) is 23.8. The van der Waals surface area contributed by atoms with Gasteiger partial charge in [0.25, 0.3) is 0 Å². The Kier molecular flexibility index (Phi) is 9.50. The number of methoxy groups -OCH3 is 1. The largest absolute Gasteiger partial charge is 0.495 e. The van der Waals surface area contributed by atoms with Crippen LogP contribution in [0.25, 0.3) is 11.1 Å². The van der Waals surface area contributed by atoms with Crippen molar-refractivity contribution in [3.05, 3.63) is 72.1 Å². The monoisotopic (exact) mass is 596 g/mol. The first-order valence-electron chi connectivity index (χ1n) is 13.1. The molecule has 1 aromatic heterocycles. The predicted molar refractivity (Wildman–Crippen MR) is 147 cm³/mol. The molecule has 41 heavy (non-hydrogen) atoms. The number of rotatable bonds is 5. The van der Waals surface area contributed by atoms with Gasteiger partial charge in [-0.05, 0) is 50.1 Å². The highest BCUT2D eigenvalue weighted by Crippen LogP contribution is 2.40. The summed E-state index contributed by atoms with van der Waals surface area (Å²) < 4.78 is 92.1. The van der Waals surface area contributed by atoms with E-state index in [4.69, 9.17) is 9.47 Å². The highest BCUT2D eigenvalue weighted by molar-refractivity contribution is 7.89. The van der Waals surface area contributed by atoms with Crippen molar-refractivity contribution < 1.29 is 35.5 Å². The molecule has 0 N–H and O–H groups in total. The molecule has 2 saturated heterocycles. The Morgan fingerprint density at radius 2 is 1.93 bits per heavy atom. The number of hydrogen-bond acceptors (Lipinski definition) is 7. The third-order valence-electron chi connectivity index (χ3n) is 7.12. The van der Waals surface area contributed by atoms with Crippen LogP contribution in [0, 0.1) is 12.7 Å². The van der Waals surface area contributed by atoms with Gasteiger partial charge in [0.2, 0.25) is 10.0 Å². The topological polar surface area (TPSA) is 84.9 Å². The first-order chi connectivity index (χ1) is 19.4. The summed E-state index contributed by atoms with van der Waals surface area (Å²) in [6.45, 7) is 4.83. The van der Waals surface area contributed by atoms with Crippen molar-refractivity contribution in [3.63, 3.8) is 0 Å². The molecular formula is C28H32F4N4O4S. The van der Waals surface area contributed by atoms with Crippen molar-refractivity contribution in [3.8, 4) is 16.9 Å². The van der Waals surface area contributed by atoms with Crippen molar-refractivity contribution in [2.24, 2.45) is 0 Å².